The number of anilines is 1. The molecule has 3 aromatic carbocycles. The molecule has 150 valence electrons. The molecule has 4 aromatic rings. The van der Waals surface area contributed by atoms with Crippen molar-refractivity contribution in [3.05, 3.63) is 93.0 Å². The van der Waals surface area contributed by atoms with Gasteiger partial charge < -0.3 is 9.47 Å². The van der Waals surface area contributed by atoms with E-state index in [-0.39, 0.29) is 0 Å². The maximum absolute atomic E-state index is 6.09. The van der Waals surface area contributed by atoms with E-state index in [0.717, 1.165) is 36.9 Å². The van der Waals surface area contributed by atoms with Gasteiger partial charge in [-0.05, 0) is 64.2 Å². The molecule has 0 atom stereocenters. The van der Waals surface area contributed by atoms with Crippen LogP contribution in [-0.4, -0.2) is 21.9 Å². The molecule has 0 fully saturated rings. The van der Waals surface area contributed by atoms with Gasteiger partial charge in [-0.2, -0.15) is 0 Å². The Morgan fingerprint density at radius 3 is 2.70 bits per heavy atom. The third kappa shape index (κ3) is 3.72. The summed E-state index contributed by atoms with van der Waals surface area (Å²) in [5.41, 5.74) is 3.66. The van der Waals surface area contributed by atoms with Gasteiger partial charge in [0, 0.05) is 51.6 Å². The largest absolute Gasteiger partial charge is 0.337 e. The Labute approximate surface area is 194 Å². The molecule has 1 aliphatic heterocycles. The zero-order valence-electron chi connectivity index (χ0n) is 16.3. The lowest BCUT2D eigenvalue weighted by molar-refractivity contribution is 0.650. The van der Waals surface area contributed by atoms with Crippen LogP contribution < -0.4 is 4.90 Å². The number of hydrogen-bond acceptors (Lipinski definition) is 2. The minimum atomic E-state index is 0.758. The highest BCUT2D eigenvalue weighted by Crippen LogP contribution is 2.40. The van der Waals surface area contributed by atoms with Crippen LogP contribution in [0, 0.1) is 3.57 Å². The number of imidazole rings is 1. The number of aryl methyl sites for hydroxylation is 1. The van der Waals surface area contributed by atoms with Gasteiger partial charge in [-0.3, -0.25) is 4.99 Å². The van der Waals surface area contributed by atoms with Crippen LogP contribution in [0.4, 0.5) is 5.69 Å². The van der Waals surface area contributed by atoms with Gasteiger partial charge in [-0.25, -0.2) is 4.98 Å². The molecule has 0 amide bonds. The van der Waals surface area contributed by atoms with Crippen molar-refractivity contribution in [2.24, 2.45) is 4.99 Å². The van der Waals surface area contributed by atoms with Crippen molar-refractivity contribution in [2.45, 2.75) is 19.5 Å². The Morgan fingerprint density at radius 2 is 1.90 bits per heavy atom. The number of aromatic nitrogens is 2. The number of rotatable bonds is 6. The van der Waals surface area contributed by atoms with E-state index in [2.05, 4.69) is 79.5 Å². The smallest absolute Gasteiger partial charge is 0.136 e. The summed E-state index contributed by atoms with van der Waals surface area (Å²) in [6, 6.07) is 19.0. The number of aliphatic imine (C=N–C) groups is 1. The van der Waals surface area contributed by atoms with Gasteiger partial charge in [-0.1, -0.05) is 41.9 Å². The van der Waals surface area contributed by atoms with Crippen molar-refractivity contribution < 1.29 is 0 Å². The average molecular weight is 527 g/mol. The number of halogens is 2. The van der Waals surface area contributed by atoms with E-state index in [4.69, 9.17) is 16.6 Å². The summed E-state index contributed by atoms with van der Waals surface area (Å²) in [5.74, 6) is 1.05. The Kier molecular flexibility index (Phi) is 5.48. The second-order valence-corrected chi connectivity index (χ2v) is 8.97. The van der Waals surface area contributed by atoms with Crippen molar-refractivity contribution in [3.8, 4) is 0 Å². The van der Waals surface area contributed by atoms with Gasteiger partial charge in [0.25, 0.3) is 0 Å². The predicted octanol–water partition coefficient (Wildman–Crippen LogP) is 6.15. The molecule has 0 N–H and O–H groups in total. The highest BCUT2D eigenvalue weighted by molar-refractivity contribution is 14.1. The Hall–Kier alpha value is -2.38. The molecule has 2 heterocycles. The first-order valence-corrected chi connectivity index (χ1v) is 11.4. The average Bonchev–Trinajstić information content (AvgIpc) is 3.37. The minimum Gasteiger partial charge on any atom is -0.337 e. The van der Waals surface area contributed by atoms with Crippen LogP contribution in [0.25, 0.3) is 10.8 Å². The van der Waals surface area contributed by atoms with E-state index < -0.39 is 0 Å². The summed E-state index contributed by atoms with van der Waals surface area (Å²) in [6.07, 6.45) is 6.64. The van der Waals surface area contributed by atoms with Gasteiger partial charge in [0.2, 0.25) is 0 Å². The summed E-state index contributed by atoms with van der Waals surface area (Å²) < 4.78 is 3.36. The Bertz CT molecular complexity index is 1220. The van der Waals surface area contributed by atoms with Crippen LogP contribution in [0.1, 0.15) is 17.5 Å². The summed E-state index contributed by atoms with van der Waals surface area (Å²) in [5, 5.41) is 3.34. The molecule has 5 rings (SSSR count). The lowest BCUT2D eigenvalue weighted by atomic mass is 10.1. The number of nitrogens with zero attached hydrogens (tertiary/aromatic N) is 4. The fraction of sp³-hybridized carbons (Fsp3) is 0.167. The predicted molar refractivity (Wildman–Crippen MR) is 133 cm³/mol. The minimum absolute atomic E-state index is 0.758. The molecule has 0 saturated carbocycles. The molecule has 0 aliphatic carbocycles. The SMILES string of the molecule is Clc1ccc(CN2C(=NCCCn3ccnc3)c3cccc4c(I)ccc2c34)cc1. The molecule has 0 radical (unpaired) electrons. The Balaban J connectivity index is 1.50. The molecule has 0 bridgehead atoms. The van der Waals surface area contributed by atoms with Crippen molar-refractivity contribution in [1.29, 1.82) is 0 Å². The van der Waals surface area contributed by atoms with Crippen LogP contribution in [0.3, 0.4) is 0 Å². The van der Waals surface area contributed by atoms with Crippen molar-refractivity contribution in [1.82, 2.24) is 9.55 Å². The van der Waals surface area contributed by atoms with Crippen LogP contribution in [0.5, 0.6) is 0 Å². The second kappa shape index (κ2) is 8.40. The summed E-state index contributed by atoms with van der Waals surface area (Å²) in [4.78, 5) is 11.5. The molecule has 0 saturated heterocycles. The van der Waals surface area contributed by atoms with Gasteiger partial charge >= 0.3 is 0 Å². The summed E-state index contributed by atoms with van der Waals surface area (Å²) >= 11 is 8.51. The fourth-order valence-corrected chi connectivity index (χ4v) is 4.74. The number of hydrogen-bond donors (Lipinski definition) is 0. The van der Waals surface area contributed by atoms with Crippen LogP contribution >= 0.6 is 34.2 Å². The van der Waals surface area contributed by atoms with Gasteiger partial charge in [0.05, 0.1) is 12.0 Å². The first-order valence-electron chi connectivity index (χ1n) is 9.94. The highest BCUT2D eigenvalue weighted by Gasteiger charge is 2.28. The Morgan fingerprint density at radius 1 is 1.03 bits per heavy atom. The maximum atomic E-state index is 6.09. The summed E-state index contributed by atoms with van der Waals surface area (Å²) in [7, 11) is 0. The molecule has 4 nitrogen and oxygen atoms in total. The number of benzene rings is 3. The van der Waals surface area contributed by atoms with Gasteiger partial charge in [0.15, 0.2) is 0 Å². The van der Waals surface area contributed by atoms with E-state index >= 15 is 0 Å². The quantitative estimate of drug-likeness (QED) is 0.223. The molecule has 1 aromatic heterocycles. The van der Waals surface area contributed by atoms with Gasteiger partial charge in [0.1, 0.15) is 5.84 Å². The van der Waals surface area contributed by atoms with E-state index in [1.807, 2.05) is 30.9 Å². The lowest BCUT2D eigenvalue weighted by Crippen LogP contribution is -2.27. The first kappa shape index (κ1) is 19.6. The maximum Gasteiger partial charge on any atom is 0.136 e. The second-order valence-electron chi connectivity index (χ2n) is 7.37. The highest BCUT2D eigenvalue weighted by atomic mass is 127. The van der Waals surface area contributed by atoms with Crippen LogP contribution in [0.2, 0.25) is 5.02 Å². The van der Waals surface area contributed by atoms with E-state index in [0.29, 0.717) is 0 Å². The monoisotopic (exact) mass is 526 g/mol. The summed E-state index contributed by atoms with van der Waals surface area (Å²) in [6.45, 7) is 2.46. The third-order valence-electron chi connectivity index (χ3n) is 5.40. The molecule has 0 spiro atoms. The normalized spacial score (nSPS) is 14.2. The molecule has 30 heavy (non-hydrogen) atoms. The first-order chi connectivity index (χ1) is 14.7. The molecule has 1 aliphatic rings. The molecular weight excluding hydrogens is 507 g/mol. The van der Waals surface area contributed by atoms with E-state index in [1.165, 1.54) is 31.2 Å². The van der Waals surface area contributed by atoms with E-state index in [1.54, 1.807) is 0 Å². The molecular formula is C24H20ClIN4. The van der Waals surface area contributed by atoms with Crippen LogP contribution in [0.15, 0.2) is 78.3 Å². The molecule has 6 heteroatoms. The zero-order chi connectivity index (χ0) is 20.5. The van der Waals surface area contributed by atoms with Crippen molar-refractivity contribution in [3.63, 3.8) is 0 Å². The van der Waals surface area contributed by atoms with Crippen molar-refractivity contribution in [2.75, 3.05) is 11.4 Å². The topological polar surface area (TPSA) is 33.4 Å². The molecule has 0 unspecified atom stereocenters. The lowest BCUT2D eigenvalue weighted by Gasteiger charge is -2.21. The van der Waals surface area contributed by atoms with Gasteiger partial charge in [-0.15, -0.1) is 0 Å². The number of amidine groups is 1. The zero-order valence-corrected chi connectivity index (χ0v) is 19.2. The van der Waals surface area contributed by atoms with E-state index in [9.17, 15) is 0 Å². The van der Waals surface area contributed by atoms with Crippen molar-refractivity contribution >= 4 is 56.5 Å². The third-order valence-corrected chi connectivity index (χ3v) is 6.59. The fourth-order valence-electron chi connectivity index (χ4n) is 3.98. The van der Waals surface area contributed by atoms with Crippen LogP contribution in [-0.2, 0) is 13.1 Å². The standard InChI is InChI=1S/C24H20ClIN4/c25-18-7-5-17(6-8-18)15-30-22-10-9-21(26)19-3-1-4-20(23(19)22)24(30)28-11-2-13-29-14-12-27-16-29/h1,3-10,12,14,16H,2,11,13,15H2.